The summed E-state index contributed by atoms with van der Waals surface area (Å²) in [6, 6.07) is 5.49. The van der Waals surface area contributed by atoms with E-state index in [0.29, 0.717) is 16.9 Å². The fourth-order valence-electron chi connectivity index (χ4n) is 1.45. The molecule has 0 saturated heterocycles. The van der Waals surface area contributed by atoms with Gasteiger partial charge in [0.1, 0.15) is 11.6 Å². The first kappa shape index (κ1) is 9.46. The van der Waals surface area contributed by atoms with E-state index in [4.69, 9.17) is 4.74 Å². The average molecular weight is 210 g/mol. The van der Waals surface area contributed by atoms with Crippen LogP contribution in [0.25, 0.3) is 10.1 Å². The second-order valence-electron chi connectivity index (χ2n) is 3.04. The number of aryl methyl sites for hydroxylation is 1. The van der Waals surface area contributed by atoms with Gasteiger partial charge < -0.3 is 4.74 Å². The second-order valence-corrected chi connectivity index (χ2v) is 4.26. The van der Waals surface area contributed by atoms with Gasteiger partial charge in [0.25, 0.3) is 0 Å². The monoisotopic (exact) mass is 210 g/mol. The van der Waals surface area contributed by atoms with Crippen LogP contribution in [0.2, 0.25) is 0 Å². The van der Waals surface area contributed by atoms with E-state index < -0.39 is 0 Å². The SMILES string of the molecule is CCOc1cccc2c(F)c(C)sc12. The van der Waals surface area contributed by atoms with E-state index in [9.17, 15) is 4.39 Å². The van der Waals surface area contributed by atoms with Crippen molar-refractivity contribution in [1.82, 2.24) is 0 Å². The van der Waals surface area contributed by atoms with Crippen molar-refractivity contribution in [3.05, 3.63) is 28.9 Å². The molecule has 0 bridgehead atoms. The smallest absolute Gasteiger partial charge is 0.144 e. The van der Waals surface area contributed by atoms with Crippen LogP contribution in [0.3, 0.4) is 0 Å². The zero-order valence-electron chi connectivity index (χ0n) is 8.13. The van der Waals surface area contributed by atoms with Crippen LogP contribution in [0.15, 0.2) is 18.2 Å². The summed E-state index contributed by atoms with van der Waals surface area (Å²) in [5.41, 5.74) is 0. The van der Waals surface area contributed by atoms with Gasteiger partial charge in [0, 0.05) is 10.3 Å². The lowest BCUT2D eigenvalue weighted by atomic mass is 10.2. The molecule has 2 rings (SSSR count). The third kappa shape index (κ3) is 1.38. The Labute approximate surface area is 86.1 Å². The molecule has 14 heavy (non-hydrogen) atoms. The van der Waals surface area contributed by atoms with Crippen molar-refractivity contribution in [2.75, 3.05) is 6.61 Å². The minimum absolute atomic E-state index is 0.119. The predicted molar refractivity (Wildman–Crippen MR) is 57.7 cm³/mol. The molecule has 1 nitrogen and oxygen atoms in total. The maximum Gasteiger partial charge on any atom is 0.144 e. The summed E-state index contributed by atoms with van der Waals surface area (Å²) in [5.74, 6) is 0.661. The van der Waals surface area contributed by atoms with Crippen LogP contribution >= 0.6 is 11.3 Å². The molecule has 0 amide bonds. The standard InChI is InChI=1S/C11H11FOS/c1-3-13-9-6-4-5-8-10(12)7(2)14-11(8)9/h4-6H,3H2,1-2H3. The van der Waals surface area contributed by atoms with E-state index >= 15 is 0 Å². The fourth-order valence-corrected chi connectivity index (χ4v) is 2.45. The van der Waals surface area contributed by atoms with Gasteiger partial charge in [-0.2, -0.15) is 0 Å². The van der Waals surface area contributed by atoms with Crippen molar-refractivity contribution < 1.29 is 9.13 Å². The molecule has 0 unspecified atom stereocenters. The maximum absolute atomic E-state index is 13.5. The van der Waals surface area contributed by atoms with Crippen molar-refractivity contribution in [1.29, 1.82) is 0 Å². The Balaban J connectivity index is 2.68. The average Bonchev–Trinajstić information content (AvgIpc) is 2.46. The Kier molecular flexibility index (Phi) is 2.42. The first-order chi connectivity index (χ1) is 6.74. The summed E-state index contributed by atoms with van der Waals surface area (Å²) in [4.78, 5) is 0.715. The first-order valence-corrected chi connectivity index (χ1v) is 5.36. The van der Waals surface area contributed by atoms with Crippen molar-refractivity contribution in [2.45, 2.75) is 13.8 Å². The highest BCUT2D eigenvalue weighted by atomic mass is 32.1. The van der Waals surface area contributed by atoms with Crippen molar-refractivity contribution in [3.8, 4) is 5.75 Å². The van der Waals surface area contributed by atoms with Gasteiger partial charge in [-0.05, 0) is 19.9 Å². The number of rotatable bonds is 2. The first-order valence-electron chi connectivity index (χ1n) is 4.54. The third-order valence-corrected chi connectivity index (χ3v) is 3.19. The highest BCUT2D eigenvalue weighted by Gasteiger charge is 2.11. The van der Waals surface area contributed by atoms with Gasteiger partial charge in [-0.25, -0.2) is 4.39 Å². The Morgan fingerprint density at radius 1 is 1.43 bits per heavy atom. The van der Waals surface area contributed by atoms with Crippen LogP contribution in [0, 0.1) is 12.7 Å². The number of thiophene rings is 1. The van der Waals surface area contributed by atoms with Crippen molar-refractivity contribution in [3.63, 3.8) is 0 Å². The molecule has 0 spiro atoms. The van der Waals surface area contributed by atoms with Gasteiger partial charge in [0.2, 0.25) is 0 Å². The van der Waals surface area contributed by atoms with Gasteiger partial charge >= 0.3 is 0 Å². The number of ether oxygens (including phenoxy) is 1. The number of hydrogen-bond acceptors (Lipinski definition) is 2. The summed E-state index contributed by atoms with van der Waals surface area (Å²) in [6.07, 6.45) is 0. The molecule has 0 aliphatic carbocycles. The number of fused-ring (bicyclic) bond motifs is 1. The lowest BCUT2D eigenvalue weighted by Crippen LogP contribution is -1.90. The molecule has 0 atom stereocenters. The number of halogens is 1. The van der Waals surface area contributed by atoms with Crippen LogP contribution in [-0.2, 0) is 0 Å². The highest BCUT2D eigenvalue weighted by Crippen LogP contribution is 2.35. The number of benzene rings is 1. The minimum atomic E-state index is -0.119. The van der Waals surface area contributed by atoms with Crippen LogP contribution < -0.4 is 4.74 Å². The molecule has 1 aromatic heterocycles. The van der Waals surface area contributed by atoms with Crippen molar-refractivity contribution in [2.24, 2.45) is 0 Å². The molecule has 74 valence electrons. The third-order valence-electron chi connectivity index (χ3n) is 2.08. The summed E-state index contributed by atoms with van der Waals surface area (Å²) in [7, 11) is 0. The van der Waals surface area contributed by atoms with Crippen LogP contribution in [0.5, 0.6) is 5.75 Å². The maximum atomic E-state index is 13.5. The molecule has 3 heteroatoms. The molecule has 0 radical (unpaired) electrons. The molecule has 1 aromatic carbocycles. The second kappa shape index (κ2) is 3.58. The zero-order valence-corrected chi connectivity index (χ0v) is 8.95. The molecule has 0 aliphatic heterocycles. The summed E-state index contributed by atoms with van der Waals surface area (Å²) >= 11 is 1.45. The summed E-state index contributed by atoms with van der Waals surface area (Å²) in [6.45, 7) is 4.32. The zero-order chi connectivity index (χ0) is 10.1. The summed E-state index contributed by atoms with van der Waals surface area (Å²) < 4.78 is 19.9. The van der Waals surface area contributed by atoms with E-state index in [2.05, 4.69) is 0 Å². The molecular formula is C11H11FOS. The van der Waals surface area contributed by atoms with Gasteiger partial charge in [-0.1, -0.05) is 12.1 Å². The Hall–Kier alpha value is -1.09. The lowest BCUT2D eigenvalue weighted by Gasteiger charge is -2.02. The van der Waals surface area contributed by atoms with Crippen LogP contribution in [-0.4, -0.2) is 6.61 Å². The van der Waals surface area contributed by atoms with Gasteiger partial charge in [-0.3, -0.25) is 0 Å². The number of hydrogen-bond donors (Lipinski definition) is 0. The highest BCUT2D eigenvalue weighted by molar-refractivity contribution is 7.19. The molecule has 0 fully saturated rings. The van der Waals surface area contributed by atoms with E-state index in [0.717, 1.165) is 10.4 Å². The molecule has 2 aromatic rings. The molecule has 1 heterocycles. The van der Waals surface area contributed by atoms with Gasteiger partial charge in [-0.15, -0.1) is 11.3 Å². The van der Waals surface area contributed by atoms with Crippen LogP contribution in [0.4, 0.5) is 4.39 Å². The van der Waals surface area contributed by atoms with E-state index in [1.165, 1.54) is 11.3 Å². The molecule has 0 aliphatic rings. The molecule has 0 saturated carbocycles. The molecule has 0 N–H and O–H groups in total. The van der Waals surface area contributed by atoms with Crippen molar-refractivity contribution >= 4 is 21.4 Å². The normalized spacial score (nSPS) is 10.8. The topological polar surface area (TPSA) is 9.23 Å². The van der Waals surface area contributed by atoms with E-state index in [1.54, 1.807) is 13.0 Å². The minimum Gasteiger partial charge on any atom is -0.492 e. The predicted octanol–water partition coefficient (Wildman–Crippen LogP) is 3.75. The van der Waals surface area contributed by atoms with Gasteiger partial charge in [0.05, 0.1) is 11.3 Å². The Bertz CT molecular complexity index is 462. The van der Waals surface area contributed by atoms with E-state index in [1.807, 2.05) is 19.1 Å². The van der Waals surface area contributed by atoms with Gasteiger partial charge in [0.15, 0.2) is 0 Å². The quantitative estimate of drug-likeness (QED) is 0.733. The van der Waals surface area contributed by atoms with E-state index in [-0.39, 0.29) is 5.82 Å². The Morgan fingerprint density at radius 3 is 2.93 bits per heavy atom. The van der Waals surface area contributed by atoms with Crippen LogP contribution in [0.1, 0.15) is 11.8 Å². The molecular weight excluding hydrogens is 199 g/mol. The summed E-state index contributed by atoms with van der Waals surface area (Å²) in [5, 5.41) is 0.665. The largest absolute Gasteiger partial charge is 0.492 e. The fraction of sp³-hybridized carbons (Fsp3) is 0.273. The lowest BCUT2D eigenvalue weighted by molar-refractivity contribution is 0.345. The Morgan fingerprint density at radius 2 is 2.21 bits per heavy atom.